The van der Waals surface area contributed by atoms with Gasteiger partial charge in [0.25, 0.3) is 17.5 Å². The summed E-state index contributed by atoms with van der Waals surface area (Å²) < 4.78 is 1.47. The predicted molar refractivity (Wildman–Crippen MR) is 175 cm³/mol. The molecule has 0 spiro atoms. The van der Waals surface area contributed by atoms with Crippen molar-refractivity contribution in [2.24, 2.45) is 7.05 Å². The van der Waals surface area contributed by atoms with E-state index in [2.05, 4.69) is 20.5 Å². The maximum absolute atomic E-state index is 13.7. The number of nitro groups is 1. The second-order valence-electron chi connectivity index (χ2n) is 11.4. The van der Waals surface area contributed by atoms with E-state index in [-0.39, 0.29) is 28.8 Å². The van der Waals surface area contributed by atoms with Gasteiger partial charge in [0.15, 0.2) is 5.69 Å². The molecule has 0 atom stereocenters. The molecule has 1 N–H and O–H groups in total. The lowest BCUT2D eigenvalue weighted by Gasteiger charge is -2.36. The standard InChI is InChI=1S/C33H31N9O5/c1-21-7-4-5-8-24(21)30-31(38(3)37-36-30)33(45)40-17-15-39(16-18-40)27-20-26(28(42(46)47)19-25(27)34-2)35-32(44)22-10-12-23(13-11-22)41-14-6-9-29(41)43/h4-5,7-8,10-13,19-20H,6,9,14-18H2,1,3H3,(H,35,44). The van der Waals surface area contributed by atoms with Crippen LogP contribution in [0.25, 0.3) is 16.1 Å². The number of anilines is 3. The van der Waals surface area contributed by atoms with E-state index in [0.717, 1.165) is 23.6 Å². The lowest BCUT2D eigenvalue weighted by Crippen LogP contribution is -2.49. The molecule has 14 nitrogen and oxygen atoms in total. The van der Waals surface area contributed by atoms with Gasteiger partial charge in [0.1, 0.15) is 11.4 Å². The van der Waals surface area contributed by atoms with Crippen LogP contribution in [0.2, 0.25) is 0 Å². The fourth-order valence-corrected chi connectivity index (χ4v) is 5.99. The van der Waals surface area contributed by atoms with Gasteiger partial charge in [0, 0.05) is 74.8 Å². The first-order valence-electron chi connectivity index (χ1n) is 15.1. The van der Waals surface area contributed by atoms with E-state index in [1.165, 1.54) is 10.7 Å². The second-order valence-corrected chi connectivity index (χ2v) is 11.4. The van der Waals surface area contributed by atoms with E-state index < -0.39 is 16.5 Å². The Morgan fingerprint density at radius 1 is 1.02 bits per heavy atom. The molecule has 14 heteroatoms. The largest absolute Gasteiger partial charge is 0.377 e. The van der Waals surface area contributed by atoms with E-state index in [9.17, 15) is 24.5 Å². The first kappa shape index (κ1) is 30.9. The van der Waals surface area contributed by atoms with Gasteiger partial charge in [-0.05, 0) is 49.2 Å². The summed E-state index contributed by atoms with van der Waals surface area (Å²) >= 11 is 0. The summed E-state index contributed by atoms with van der Waals surface area (Å²) in [7, 11) is 1.68. The summed E-state index contributed by atoms with van der Waals surface area (Å²) in [5.41, 5.74) is 3.62. The fraction of sp³-hybridized carbons (Fsp3) is 0.273. The average Bonchev–Trinajstić information content (AvgIpc) is 3.69. The van der Waals surface area contributed by atoms with E-state index in [1.54, 1.807) is 41.1 Å². The van der Waals surface area contributed by atoms with Crippen LogP contribution >= 0.6 is 0 Å². The highest BCUT2D eigenvalue weighted by atomic mass is 16.6. The molecule has 238 valence electrons. The Kier molecular flexibility index (Phi) is 8.36. The SMILES string of the molecule is [C-]#[N+]c1cc([N+](=O)[O-])c(NC(=O)c2ccc(N3CCCC3=O)cc2)cc1N1CCN(C(=O)c2c(-c3ccccc3C)nnn2C)CC1. The van der Waals surface area contributed by atoms with Gasteiger partial charge in [-0.1, -0.05) is 29.5 Å². The van der Waals surface area contributed by atoms with Gasteiger partial charge in [0.2, 0.25) is 11.6 Å². The molecular formula is C33H31N9O5. The first-order chi connectivity index (χ1) is 22.7. The van der Waals surface area contributed by atoms with Crippen molar-refractivity contribution in [3.63, 3.8) is 0 Å². The maximum atomic E-state index is 13.7. The van der Waals surface area contributed by atoms with Crippen LogP contribution < -0.4 is 15.1 Å². The third-order valence-corrected chi connectivity index (χ3v) is 8.51. The van der Waals surface area contributed by atoms with E-state index in [0.29, 0.717) is 61.9 Å². The Labute approximate surface area is 270 Å². The molecule has 3 aromatic carbocycles. The summed E-state index contributed by atoms with van der Waals surface area (Å²) in [6.07, 6.45) is 1.26. The lowest BCUT2D eigenvalue weighted by atomic mass is 10.0. The number of nitrogens with zero attached hydrogens (tertiary/aromatic N) is 8. The highest BCUT2D eigenvalue weighted by molar-refractivity contribution is 6.07. The zero-order chi connectivity index (χ0) is 33.2. The Bertz CT molecular complexity index is 1940. The van der Waals surface area contributed by atoms with Crippen LogP contribution in [-0.2, 0) is 11.8 Å². The van der Waals surface area contributed by atoms with Crippen molar-refractivity contribution < 1.29 is 19.3 Å². The lowest BCUT2D eigenvalue weighted by molar-refractivity contribution is -0.383. The van der Waals surface area contributed by atoms with Crippen LogP contribution in [0.1, 0.15) is 39.3 Å². The summed E-state index contributed by atoms with van der Waals surface area (Å²) in [4.78, 5) is 59.1. The predicted octanol–water partition coefficient (Wildman–Crippen LogP) is 4.59. The average molecular weight is 634 g/mol. The first-order valence-corrected chi connectivity index (χ1v) is 15.1. The van der Waals surface area contributed by atoms with Gasteiger partial charge in [-0.25, -0.2) is 9.53 Å². The number of piperazine rings is 1. The number of benzene rings is 3. The van der Waals surface area contributed by atoms with Crippen molar-refractivity contribution in [1.82, 2.24) is 19.9 Å². The third kappa shape index (κ3) is 5.98. The number of aryl methyl sites for hydroxylation is 2. The van der Waals surface area contributed by atoms with Gasteiger partial charge in [-0.3, -0.25) is 24.5 Å². The Hall–Kier alpha value is -6.10. The molecule has 47 heavy (non-hydrogen) atoms. The highest BCUT2D eigenvalue weighted by Crippen LogP contribution is 2.39. The number of amides is 3. The van der Waals surface area contributed by atoms with E-state index in [4.69, 9.17) is 6.57 Å². The van der Waals surface area contributed by atoms with E-state index in [1.807, 2.05) is 36.1 Å². The molecule has 1 aromatic heterocycles. The van der Waals surface area contributed by atoms with Crippen molar-refractivity contribution >= 4 is 46.2 Å². The van der Waals surface area contributed by atoms with Crippen LogP contribution in [-0.4, -0.2) is 75.3 Å². The normalized spacial score (nSPS) is 14.7. The summed E-state index contributed by atoms with van der Waals surface area (Å²) in [5.74, 6) is -0.771. The number of nitrogens with one attached hydrogen (secondary N) is 1. The summed E-state index contributed by atoms with van der Waals surface area (Å²) in [6.45, 7) is 11.6. The van der Waals surface area contributed by atoms with E-state index >= 15 is 0 Å². The van der Waals surface area contributed by atoms with Crippen molar-refractivity contribution in [2.45, 2.75) is 19.8 Å². The van der Waals surface area contributed by atoms with Crippen LogP contribution in [0, 0.1) is 23.6 Å². The zero-order valence-corrected chi connectivity index (χ0v) is 25.8. The number of aromatic nitrogens is 3. The number of carbonyl (C=O) groups excluding carboxylic acids is 3. The molecule has 6 rings (SSSR count). The molecule has 0 saturated carbocycles. The molecule has 0 radical (unpaired) electrons. The Balaban J connectivity index is 1.20. The van der Waals surface area contributed by atoms with Crippen LogP contribution in [0.4, 0.5) is 28.4 Å². The minimum atomic E-state index is -0.638. The van der Waals surface area contributed by atoms with Gasteiger partial charge < -0.3 is 20.0 Å². The number of rotatable bonds is 7. The molecule has 2 saturated heterocycles. The molecule has 0 unspecified atom stereocenters. The molecular weight excluding hydrogens is 602 g/mol. The van der Waals surface area contributed by atoms with Crippen molar-refractivity contribution in [1.29, 1.82) is 0 Å². The second kappa shape index (κ2) is 12.7. The van der Waals surface area contributed by atoms with Gasteiger partial charge in [-0.2, -0.15) is 0 Å². The number of nitro benzene ring substituents is 1. The molecule has 2 fully saturated rings. The molecule has 2 aliphatic heterocycles. The molecule has 0 bridgehead atoms. The number of carbonyl (C=O) groups is 3. The molecule has 0 aliphatic carbocycles. The summed E-state index contributed by atoms with van der Waals surface area (Å²) in [5, 5.41) is 23.0. The van der Waals surface area contributed by atoms with Crippen LogP contribution in [0.15, 0.2) is 60.7 Å². The van der Waals surface area contributed by atoms with Crippen molar-refractivity contribution in [2.75, 3.05) is 47.8 Å². The molecule has 3 heterocycles. The van der Waals surface area contributed by atoms with Crippen LogP contribution in [0.3, 0.4) is 0 Å². The van der Waals surface area contributed by atoms with Gasteiger partial charge in [0.05, 0.1) is 11.5 Å². The zero-order valence-electron chi connectivity index (χ0n) is 25.8. The minimum absolute atomic E-state index is 0.0245. The highest BCUT2D eigenvalue weighted by Gasteiger charge is 2.30. The topological polar surface area (TPSA) is 151 Å². The van der Waals surface area contributed by atoms with Gasteiger partial charge in [-0.15, -0.1) is 5.10 Å². The minimum Gasteiger partial charge on any atom is -0.377 e. The maximum Gasteiger partial charge on any atom is 0.282 e. The Morgan fingerprint density at radius 2 is 1.74 bits per heavy atom. The molecule has 2 aliphatic rings. The summed E-state index contributed by atoms with van der Waals surface area (Å²) in [6, 6.07) is 16.7. The number of hydrogen-bond acceptors (Lipinski definition) is 8. The smallest absolute Gasteiger partial charge is 0.282 e. The van der Waals surface area contributed by atoms with Crippen LogP contribution in [0.5, 0.6) is 0 Å². The quantitative estimate of drug-likeness (QED) is 0.176. The van der Waals surface area contributed by atoms with Crippen molar-refractivity contribution in [3.05, 3.63) is 99.0 Å². The monoisotopic (exact) mass is 633 g/mol. The van der Waals surface area contributed by atoms with Crippen molar-refractivity contribution in [3.8, 4) is 11.3 Å². The fourth-order valence-electron chi connectivity index (χ4n) is 5.99. The number of hydrogen-bond donors (Lipinski definition) is 1. The third-order valence-electron chi connectivity index (χ3n) is 8.51. The molecule has 3 amide bonds. The molecule has 4 aromatic rings. The Morgan fingerprint density at radius 3 is 2.38 bits per heavy atom. The van der Waals surface area contributed by atoms with Gasteiger partial charge >= 0.3 is 0 Å².